The molecule has 0 radical (unpaired) electrons. The molecule has 5 aromatic rings. The van der Waals surface area contributed by atoms with Gasteiger partial charge in [-0.1, -0.05) is 41.4 Å². The number of halogens is 2. The minimum Gasteiger partial charge on any atom is -0.493 e. The van der Waals surface area contributed by atoms with Crippen LogP contribution in [0.3, 0.4) is 0 Å². The highest BCUT2D eigenvalue weighted by Crippen LogP contribution is 2.34. The number of anilines is 3. The van der Waals surface area contributed by atoms with Crippen molar-refractivity contribution in [2.75, 3.05) is 24.4 Å². The highest BCUT2D eigenvalue weighted by Gasteiger charge is 2.14. The van der Waals surface area contributed by atoms with Gasteiger partial charge in [0.05, 0.1) is 22.6 Å². The lowest BCUT2D eigenvalue weighted by atomic mass is 10.1. The molecule has 0 aliphatic heterocycles. The quantitative estimate of drug-likeness (QED) is 0.0719. The molecule has 0 fully saturated rings. The van der Waals surface area contributed by atoms with Crippen LogP contribution in [0.5, 0.6) is 11.5 Å². The van der Waals surface area contributed by atoms with Crippen molar-refractivity contribution in [3.8, 4) is 22.8 Å². The van der Waals surface area contributed by atoms with E-state index in [9.17, 15) is 9.59 Å². The number of nitrogens with zero attached hydrogens (tertiary/aromatic N) is 2. The zero-order valence-electron chi connectivity index (χ0n) is 24.1. The Kier molecular flexibility index (Phi) is 10.7. The highest BCUT2D eigenvalue weighted by atomic mass is 127. The third kappa shape index (κ3) is 8.81. The van der Waals surface area contributed by atoms with E-state index in [1.807, 2.05) is 79.0 Å². The van der Waals surface area contributed by atoms with Gasteiger partial charge in [-0.15, -0.1) is 11.3 Å². The number of hydrazone groups is 1. The maximum Gasteiger partial charge on any atom is 0.271 e. The molecule has 3 N–H and O–H groups in total. The first-order chi connectivity index (χ1) is 21.8. The van der Waals surface area contributed by atoms with Gasteiger partial charge >= 0.3 is 0 Å². The molecule has 5 rings (SSSR count). The molecule has 0 unspecified atom stereocenters. The van der Waals surface area contributed by atoms with Crippen LogP contribution >= 0.6 is 45.5 Å². The zero-order valence-corrected chi connectivity index (χ0v) is 27.9. The van der Waals surface area contributed by atoms with Crippen LogP contribution < -0.4 is 25.5 Å². The number of amides is 2. The Morgan fingerprint density at radius 2 is 1.71 bits per heavy atom. The second kappa shape index (κ2) is 15.0. The molecule has 1 heterocycles. The predicted octanol–water partition coefficient (Wildman–Crippen LogP) is 7.91. The van der Waals surface area contributed by atoms with Crippen LogP contribution in [0.25, 0.3) is 11.3 Å². The Morgan fingerprint density at radius 1 is 1.00 bits per heavy atom. The number of aryl methyl sites for hydroxylation is 1. The summed E-state index contributed by atoms with van der Waals surface area (Å²) in [6, 6.07) is 25.5. The van der Waals surface area contributed by atoms with Crippen LogP contribution in [-0.4, -0.2) is 36.7 Å². The van der Waals surface area contributed by atoms with Gasteiger partial charge < -0.3 is 20.1 Å². The number of ether oxygens (including phenoxy) is 2. The second-order valence-corrected chi connectivity index (χ2v) is 12.1. The number of thiazole rings is 1. The first-order valence-corrected chi connectivity index (χ1v) is 15.9. The summed E-state index contributed by atoms with van der Waals surface area (Å²) in [5.41, 5.74) is 8.04. The van der Waals surface area contributed by atoms with E-state index in [0.717, 1.165) is 27.6 Å². The monoisotopic (exact) mass is 751 g/mol. The smallest absolute Gasteiger partial charge is 0.271 e. The third-order valence-corrected chi connectivity index (χ3v) is 8.17. The summed E-state index contributed by atoms with van der Waals surface area (Å²) in [5, 5.41) is 13.5. The van der Waals surface area contributed by atoms with E-state index in [2.05, 4.69) is 48.7 Å². The van der Waals surface area contributed by atoms with Crippen molar-refractivity contribution in [2.24, 2.45) is 5.10 Å². The minimum atomic E-state index is -0.359. The average molecular weight is 752 g/mol. The van der Waals surface area contributed by atoms with E-state index in [-0.39, 0.29) is 18.4 Å². The van der Waals surface area contributed by atoms with E-state index >= 15 is 0 Å². The summed E-state index contributed by atoms with van der Waals surface area (Å²) in [4.78, 5) is 29.7. The first-order valence-electron chi connectivity index (χ1n) is 13.6. The van der Waals surface area contributed by atoms with Crippen molar-refractivity contribution < 1.29 is 19.1 Å². The lowest BCUT2D eigenvalue weighted by Crippen LogP contribution is -2.20. The first kappa shape index (κ1) is 31.9. The van der Waals surface area contributed by atoms with Gasteiger partial charge in [0.2, 0.25) is 0 Å². The van der Waals surface area contributed by atoms with Crippen molar-refractivity contribution in [1.82, 2.24) is 10.4 Å². The largest absolute Gasteiger partial charge is 0.493 e. The molecule has 0 saturated carbocycles. The summed E-state index contributed by atoms with van der Waals surface area (Å²) in [5.74, 6) is 0.219. The van der Waals surface area contributed by atoms with E-state index < -0.39 is 0 Å². The number of hydrogen-bond donors (Lipinski definition) is 3. The van der Waals surface area contributed by atoms with Crippen molar-refractivity contribution in [3.05, 3.63) is 116 Å². The number of benzene rings is 4. The van der Waals surface area contributed by atoms with Crippen molar-refractivity contribution >= 4 is 80.1 Å². The number of rotatable bonds is 11. The van der Waals surface area contributed by atoms with E-state index in [1.165, 1.54) is 24.7 Å². The van der Waals surface area contributed by atoms with Gasteiger partial charge in [-0.2, -0.15) is 5.10 Å². The predicted molar refractivity (Wildman–Crippen MR) is 188 cm³/mol. The lowest BCUT2D eigenvalue weighted by Gasteiger charge is -2.13. The molecule has 0 aliphatic carbocycles. The van der Waals surface area contributed by atoms with Gasteiger partial charge in [0.25, 0.3) is 11.8 Å². The summed E-state index contributed by atoms with van der Waals surface area (Å²) < 4.78 is 12.0. The normalized spacial score (nSPS) is 10.8. The fourth-order valence-electron chi connectivity index (χ4n) is 4.07. The standard InChI is InChI=1S/C33H27ClIN5O4S/c1-20-3-11-25(12-4-20)37-30(41)18-44-31-27(35)15-21(16-29(31)43-2)17-36-40-32(42)23-7-5-22(6-8-23)28-19-45-33(39-28)38-26-13-9-24(34)10-14-26/h3-17,19H,18H2,1-2H3,(H,37,41)(H,38,39)(H,40,42)/b36-17-. The molecule has 9 nitrogen and oxygen atoms in total. The number of methoxy groups -OCH3 is 1. The summed E-state index contributed by atoms with van der Waals surface area (Å²) in [7, 11) is 1.51. The zero-order chi connectivity index (χ0) is 31.8. The Morgan fingerprint density at radius 3 is 2.42 bits per heavy atom. The van der Waals surface area contributed by atoms with Crippen LogP contribution in [0.2, 0.25) is 5.02 Å². The molecule has 2 amide bonds. The molecular formula is C33H27ClIN5O4S. The molecule has 228 valence electrons. The molecule has 12 heteroatoms. The molecular weight excluding hydrogens is 725 g/mol. The van der Waals surface area contributed by atoms with Crippen LogP contribution in [0, 0.1) is 10.5 Å². The molecule has 0 spiro atoms. The van der Waals surface area contributed by atoms with Crippen LogP contribution in [0.15, 0.2) is 95.4 Å². The Hall–Kier alpha value is -4.46. The molecule has 1 aromatic heterocycles. The van der Waals surface area contributed by atoms with Gasteiger partial charge in [0.1, 0.15) is 0 Å². The second-order valence-electron chi connectivity index (χ2n) is 9.68. The fourth-order valence-corrected chi connectivity index (χ4v) is 5.72. The van der Waals surface area contributed by atoms with E-state index in [0.29, 0.717) is 36.9 Å². The topological polar surface area (TPSA) is 114 Å². The Bertz CT molecular complexity index is 1830. The van der Waals surface area contributed by atoms with Gasteiger partial charge in [0.15, 0.2) is 23.2 Å². The Labute approximate surface area is 282 Å². The van der Waals surface area contributed by atoms with E-state index in [1.54, 1.807) is 18.2 Å². The molecule has 0 bridgehead atoms. The molecule has 0 aliphatic rings. The number of aromatic nitrogens is 1. The number of hydrogen-bond acceptors (Lipinski definition) is 8. The maximum absolute atomic E-state index is 12.7. The third-order valence-electron chi connectivity index (χ3n) is 6.36. The minimum absolute atomic E-state index is 0.188. The molecule has 0 atom stereocenters. The van der Waals surface area contributed by atoms with Crippen LogP contribution in [0.4, 0.5) is 16.5 Å². The molecule has 4 aromatic carbocycles. The van der Waals surface area contributed by atoms with Gasteiger partial charge in [-0.25, -0.2) is 10.4 Å². The van der Waals surface area contributed by atoms with Gasteiger partial charge in [-0.05, 0) is 95.7 Å². The maximum atomic E-state index is 12.7. The van der Waals surface area contributed by atoms with Crippen LogP contribution in [0.1, 0.15) is 21.5 Å². The SMILES string of the molecule is COc1cc(/C=N\NC(=O)c2ccc(-c3csc(Nc4ccc(Cl)cc4)n3)cc2)cc(I)c1OCC(=O)Nc1ccc(C)cc1. The average Bonchev–Trinajstić information content (AvgIpc) is 3.51. The number of carbonyl (C=O) groups excluding carboxylic acids is 2. The van der Waals surface area contributed by atoms with Crippen molar-refractivity contribution in [3.63, 3.8) is 0 Å². The Balaban J connectivity index is 1.15. The molecule has 45 heavy (non-hydrogen) atoms. The lowest BCUT2D eigenvalue weighted by molar-refractivity contribution is -0.118. The molecule has 0 saturated heterocycles. The highest BCUT2D eigenvalue weighted by molar-refractivity contribution is 14.1. The van der Waals surface area contributed by atoms with E-state index in [4.69, 9.17) is 21.1 Å². The number of carbonyl (C=O) groups is 2. The van der Waals surface area contributed by atoms with Crippen LogP contribution in [-0.2, 0) is 4.79 Å². The van der Waals surface area contributed by atoms with Crippen molar-refractivity contribution in [2.45, 2.75) is 6.92 Å². The van der Waals surface area contributed by atoms with Gasteiger partial charge in [0, 0.05) is 32.9 Å². The van der Waals surface area contributed by atoms with Crippen molar-refractivity contribution in [1.29, 1.82) is 0 Å². The summed E-state index contributed by atoms with van der Waals surface area (Å²) >= 11 is 9.54. The van der Waals surface area contributed by atoms with Gasteiger partial charge in [-0.3, -0.25) is 9.59 Å². The summed E-state index contributed by atoms with van der Waals surface area (Å²) in [6.07, 6.45) is 1.51. The fraction of sp³-hybridized carbons (Fsp3) is 0.0909. The number of nitrogens with one attached hydrogen (secondary N) is 3. The summed E-state index contributed by atoms with van der Waals surface area (Å²) in [6.45, 7) is 1.79.